The molecule has 4 heteroatoms. The van der Waals surface area contributed by atoms with Crippen molar-refractivity contribution >= 4 is 35.1 Å². The first-order chi connectivity index (χ1) is 9.08. The maximum Gasteiger partial charge on any atom is 0.185 e. The van der Waals surface area contributed by atoms with Crippen molar-refractivity contribution in [2.45, 2.75) is 0 Å². The highest BCUT2D eigenvalue weighted by Gasteiger charge is 2.05. The minimum atomic E-state index is -0.470. The van der Waals surface area contributed by atoms with E-state index in [2.05, 4.69) is 0 Å². The Bertz CT molecular complexity index is 630. The SMILES string of the molecule is O=C(C=Cc1c(F)cccc1Cl)c1cccc(Cl)c1. The van der Waals surface area contributed by atoms with Gasteiger partial charge in [-0.15, -0.1) is 0 Å². The van der Waals surface area contributed by atoms with Gasteiger partial charge in [0, 0.05) is 16.1 Å². The molecule has 0 aromatic heterocycles. The Morgan fingerprint density at radius 3 is 2.53 bits per heavy atom. The van der Waals surface area contributed by atoms with E-state index in [1.54, 1.807) is 30.3 Å². The summed E-state index contributed by atoms with van der Waals surface area (Å²) in [5.41, 5.74) is 0.635. The van der Waals surface area contributed by atoms with E-state index < -0.39 is 5.82 Å². The Morgan fingerprint density at radius 1 is 1.11 bits per heavy atom. The number of hydrogen-bond acceptors (Lipinski definition) is 1. The van der Waals surface area contributed by atoms with Crippen LogP contribution in [0, 0.1) is 5.82 Å². The van der Waals surface area contributed by atoms with Gasteiger partial charge in [-0.25, -0.2) is 4.39 Å². The van der Waals surface area contributed by atoms with Crippen LogP contribution >= 0.6 is 23.2 Å². The molecule has 0 saturated heterocycles. The average Bonchev–Trinajstić information content (AvgIpc) is 2.38. The summed E-state index contributed by atoms with van der Waals surface area (Å²) in [6.45, 7) is 0. The minimum Gasteiger partial charge on any atom is -0.289 e. The van der Waals surface area contributed by atoms with Gasteiger partial charge in [-0.3, -0.25) is 4.79 Å². The van der Waals surface area contributed by atoms with E-state index >= 15 is 0 Å². The first kappa shape index (κ1) is 13.8. The Morgan fingerprint density at radius 2 is 1.84 bits per heavy atom. The van der Waals surface area contributed by atoms with Gasteiger partial charge in [0.25, 0.3) is 0 Å². The molecule has 0 heterocycles. The highest BCUT2D eigenvalue weighted by Crippen LogP contribution is 2.20. The lowest BCUT2D eigenvalue weighted by Crippen LogP contribution is -1.94. The lowest BCUT2D eigenvalue weighted by atomic mass is 10.1. The topological polar surface area (TPSA) is 17.1 Å². The number of hydrogen-bond donors (Lipinski definition) is 0. The van der Waals surface area contributed by atoms with Crippen molar-refractivity contribution in [3.63, 3.8) is 0 Å². The fraction of sp³-hybridized carbons (Fsp3) is 0. The molecule has 0 atom stereocenters. The summed E-state index contributed by atoms with van der Waals surface area (Å²) in [5, 5.41) is 0.735. The molecular weight excluding hydrogens is 286 g/mol. The maximum atomic E-state index is 13.5. The molecule has 0 aliphatic heterocycles. The third kappa shape index (κ3) is 3.43. The molecule has 0 aliphatic rings. The van der Waals surface area contributed by atoms with Crippen LogP contribution < -0.4 is 0 Å². The van der Waals surface area contributed by atoms with E-state index in [-0.39, 0.29) is 16.4 Å². The number of carbonyl (C=O) groups is 1. The zero-order valence-electron chi connectivity index (χ0n) is 9.74. The van der Waals surface area contributed by atoms with Crippen LogP contribution in [0.1, 0.15) is 15.9 Å². The summed E-state index contributed by atoms with van der Waals surface area (Å²) in [6.07, 6.45) is 2.64. The smallest absolute Gasteiger partial charge is 0.185 e. The lowest BCUT2D eigenvalue weighted by molar-refractivity contribution is 0.104. The number of rotatable bonds is 3. The first-order valence-electron chi connectivity index (χ1n) is 5.50. The zero-order chi connectivity index (χ0) is 13.8. The fourth-order valence-corrected chi connectivity index (χ4v) is 1.98. The summed E-state index contributed by atoms with van der Waals surface area (Å²) in [4.78, 5) is 11.9. The van der Waals surface area contributed by atoms with Crippen LogP contribution in [0.25, 0.3) is 6.08 Å². The summed E-state index contributed by atoms with van der Waals surface area (Å²) in [6, 6.07) is 10.9. The highest BCUT2D eigenvalue weighted by molar-refractivity contribution is 6.32. The molecule has 0 N–H and O–H groups in total. The van der Waals surface area contributed by atoms with Crippen molar-refractivity contribution in [3.05, 3.63) is 75.5 Å². The fourth-order valence-electron chi connectivity index (χ4n) is 1.57. The Hall–Kier alpha value is -1.64. The molecule has 0 radical (unpaired) electrons. The summed E-state index contributed by atoms with van der Waals surface area (Å²) in [5.74, 6) is -0.732. The Balaban J connectivity index is 2.26. The summed E-state index contributed by atoms with van der Waals surface area (Å²) < 4.78 is 13.5. The summed E-state index contributed by atoms with van der Waals surface area (Å²) >= 11 is 11.7. The van der Waals surface area contributed by atoms with Gasteiger partial charge in [0.05, 0.1) is 5.02 Å². The summed E-state index contributed by atoms with van der Waals surface area (Å²) in [7, 11) is 0. The Kier molecular flexibility index (Phi) is 4.35. The minimum absolute atomic E-state index is 0.194. The molecule has 2 rings (SSSR count). The zero-order valence-corrected chi connectivity index (χ0v) is 11.3. The van der Waals surface area contributed by atoms with E-state index in [0.29, 0.717) is 10.6 Å². The van der Waals surface area contributed by atoms with Crippen molar-refractivity contribution < 1.29 is 9.18 Å². The molecule has 19 heavy (non-hydrogen) atoms. The van der Waals surface area contributed by atoms with Crippen LogP contribution in [0.15, 0.2) is 48.5 Å². The van der Waals surface area contributed by atoms with E-state index in [4.69, 9.17) is 23.2 Å². The van der Waals surface area contributed by atoms with Crippen molar-refractivity contribution in [2.24, 2.45) is 0 Å². The van der Waals surface area contributed by atoms with Crippen molar-refractivity contribution in [2.75, 3.05) is 0 Å². The average molecular weight is 295 g/mol. The largest absolute Gasteiger partial charge is 0.289 e. The second-order valence-electron chi connectivity index (χ2n) is 3.84. The predicted molar refractivity (Wildman–Crippen MR) is 76.2 cm³/mol. The molecule has 1 nitrogen and oxygen atoms in total. The molecule has 96 valence electrons. The van der Waals surface area contributed by atoms with Gasteiger partial charge in [0.1, 0.15) is 5.82 Å². The molecule has 2 aromatic carbocycles. The molecule has 0 fully saturated rings. The van der Waals surface area contributed by atoms with Crippen LogP contribution in [0.2, 0.25) is 10.0 Å². The maximum absolute atomic E-state index is 13.5. The number of ketones is 1. The predicted octanol–water partition coefficient (Wildman–Crippen LogP) is 5.03. The van der Waals surface area contributed by atoms with Crippen LogP contribution in [-0.4, -0.2) is 5.78 Å². The molecule has 0 amide bonds. The lowest BCUT2D eigenvalue weighted by Gasteiger charge is -2.00. The molecular formula is C15H9Cl2FO. The standard InChI is InChI=1S/C15H9Cl2FO/c16-11-4-1-3-10(9-11)15(19)8-7-12-13(17)5-2-6-14(12)18/h1-9H. The van der Waals surface area contributed by atoms with Gasteiger partial charge >= 0.3 is 0 Å². The van der Waals surface area contributed by atoms with Gasteiger partial charge < -0.3 is 0 Å². The van der Waals surface area contributed by atoms with Gasteiger partial charge in [-0.1, -0.05) is 41.4 Å². The van der Waals surface area contributed by atoms with Crippen molar-refractivity contribution in [1.82, 2.24) is 0 Å². The molecule has 0 bridgehead atoms. The van der Waals surface area contributed by atoms with E-state index in [1.165, 1.54) is 24.3 Å². The number of carbonyl (C=O) groups excluding carboxylic acids is 1. The third-order valence-electron chi connectivity index (χ3n) is 2.51. The van der Waals surface area contributed by atoms with E-state index in [1.807, 2.05) is 0 Å². The number of halogens is 3. The molecule has 0 unspecified atom stereocenters. The molecule has 0 spiro atoms. The Labute approximate surface area is 120 Å². The molecule has 0 saturated carbocycles. The second-order valence-corrected chi connectivity index (χ2v) is 4.69. The second kappa shape index (κ2) is 6.00. The van der Waals surface area contributed by atoms with Crippen LogP contribution in [0.5, 0.6) is 0 Å². The third-order valence-corrected chi connectivity index (χ3v) is 3.07. The highest BCUT2D eigenvalue weighted by atomic mass is 35.5. The van der Waals surface area contributed by atoms with Crippen LogP contribution in [-0.2, 0) is 0 Å². The van der Waals surface area contributed by atoms with E-state index in [9.17, 15) is 9.18 Å². The van der Waals surface area contributed by atoms with Crippen LogP contribution in [0.4, 0.5) is 4.39 Å². The van der Waals surface area contributed by atoms with Crippen molar-refractivity contribution in [1.29, 1.82) is 0 Å². The first-order valence-corrected chi connectivity index (χ1v) is 6.25. The number of benzene rings is 2. The number of allylic oxidation sites excluding steroid dienone is 1. The quantitative estimate of drug-likeness (QED) is 0.573. The van der Waals surface area contributed by atoms with E-state index in [0.717, 1.165) is 0 Å². The van der Waals surface area contributed by atoms with Gasteiger partial charge in [0.2, 0.25) is 0 Å². The molecule has 2 aromatic rings. The normalized spacial score (nSPS) is 10.9. The molecule has 0 aliphatic carbocycles. The van der Waals surface area contributed by atoms with Gasteiger partial charge in [-0.05, 0) is 36.4 Å². The van der Waals surface area contributed by atoms with Crippen molar-refractivity contribution in [3.8, 4) is 0 Å². The monoisotopic (exact) mass is 294 g/mol. The van der Waals surface area contributed by atoms with Crippen LogP contribution in [0.3, 0.4) is 0 Å². The van der Waals surface area contributed by atoms with Gasteiger partial charge in [0.15, 0.2) is 5.78 Å². The van der Waals surface area contributed by atoms with Gasteiger partial charge in [-0.2, -0.15) is 0 Å².